The molecule has 0 radical (unpaired) electrons. The van der Waals surface area contributed by atoms with Crippen molar-refractivity contribution >= 4 is 23.3 Å². The Balaban J connectivity index is 1.78. The van der Waals surface area contributed by atoms with E-state index in [1.54, 1.807) is 18.3 Å². The summed E-state index contributed by atoms with van der Waals surface area (Å²) in [5, 5.41) is 8.33. The van der Waals surface area contributed by atoms with Crippen molar-refractivity contribution in [3.8, 4) is 0 Å². The smallest absolute Gasteiger partial charge is 0.315 e. The molecule has 0 aromatic carbocycles. The first-order chi connectivity index (χ1) is 10.5. The Bertz CT molecular complexity index is 531. The van der Waals surface area contributed by atoms with Crippen LogP contribution in [0.15, 0.2) is 5.38 Å². The van der Waals surface area contributed by atoms with Gasteiger partial charge in [-0.2, -0.15) is 0 Å². The van der Waals surface area contributed by atoms with Gasteiger partial charge in [-0.1, -0.05) is 0 Å². The summed E-state index contributed by atoms with van der Waals surface area (Å²) >= 11 is 1.55. The second-order valence-corrected chi connectivity index (χ2v) is 6.85. The number of hydrogen-bond donors (Lipinski definition) is 2. The Kier molecular flexibility index (Phi) is 5.76. The fraction of sp³-hybridized carbons (Fsp3) is 0.667. The van der Waals surface area contributed by atoms with E-state index in [4.69, 9.17) is 0 Å². The van der Waals surface area contributed by atoms with Gasteiger partial charge < -0.3 is 15.5 Å². The zero-order valence-corrected chi connectivity index (χ0v) is 14.2. The van der Waals surface area contributed by atoms with Crippen LogP contribution in [-0.2, 0) is 11.3 Å². The quantitative estimate of drug-likeness (QED) is 0.890. The predicted molar refractivity (Wildman–Crippen MR) is 86.7 cm³/mol. The van der Waals surface area contributed by atoms with Crippen LogP contribution in [-0.4, -0.2) is 40.5 Å². The SMILES string of the molecule is Cc1nc(CNC(=O)N[C@@H](C)C(=O)N2CCCC[C@H]2C)cs1. The van der Waals surface area contributed by atoms with E-state index < -0.39 is 6.04 Å². The third kappa shape index (κ3) is 4.43. The van der Waals surface area contributed by atoms with Gasteiger partial charge in [-0.3, -0.25) is 4.79 Å². The highest BCUT2D eigenvalue weighted by Crippen LogP contribution is 2.17. The Morgan fingerprint density at radius 1 is 1.50 bits per heavy atom. The van der Waals surface area contributed by atoms with E-state index >= 15 is 0 Å². The molecule has 6 nitrogen and oxygen atoms in total. The van der Waals surface area contributed by atoms with Crippen molar-refractivity contribution in [2.24, 2.45) is 0 Å². The van der Waals surface area contributed by atoms with E-state index in [1.165, 1.54) is 6.42 Å². The molecule has 2 atom stereocenters. The summed E-state index contributed by atoms with van der Waals surface area (Å²) in [6.07, 6.45) is 3.24. The normalized spacial score (nSPS) is 19.6. The molecule has 1 aromatic rings. The van der Waals surface area contributed by atoms with E-state index in [2.05, 4.69) is 22.5 Å². The van der Waals surface area contributed by atoms with E-state index in [0.29, 0.717) is 6.54 Å². The number of hydrogen-bond acceptors (Lipinski definition) is 4. The lowest BCUT2D eigenvalue weighted by molar-refractivity contribution is -0.136. The number of amides is 3. The zero-order chi connectivity index (χ0) is 16.1. The van der Waals surface area contributed by atoms with Crippen molar-refractivity contribution in [3.05, 3.63) is 16.1 Å². The maximum Gasteiger partial charge on any atom is 0.315 e. The number of piperidine rings is 1. The molecule has 2 N–H and O–H groups in total. The number of nitrogens with zero attached hydrogens (tertiary/aromatic N) is 2. The molecule has 1 aliphatic rings. The third-order valence-electron chi connectivity index (χ3n) is 3.90. The second kappa shape index (κ2) is 7.58. The van der Waals surface area contributed by atoms with Crippen LogP contribution < -0.4 is 10.6 Å². The Labute approximate surface area is 135 Å². The van der Waals surface area contributed by atoms with Crippen molar-refractivity contribution in [1.29, 1.82) is 0 Å². The number of likely N-dealkylation sites (tertiary alicyclic amines) is 1. The maximum atomic E-state index is 12.4. The minimum absolute atomic E-state index is 0.00754. The molecule has 2 rings (SSSR count). The molecule has 7 heteroatoms. The lowest BCUT2D eigenvalue weighted by Crippen LogP contribution is -2.53. The summed E-state index contributed by atoms with van der Waals surface area (Å²) in [4.78, 5) is 30.4. The van der Waals surface area contributed by atoms with Gasteiger partial charge in [0.1, 0.15) is 6.04 Å². The van der Waals surface area contributed by atoms with Crippen LogP contribution in [0.2, 0.25) is 0 Å². The molecule has 22 heavy (non-hydrogen) atoms. The van der Waals surface area contributed by atoms with Crippen molar-refractivity contribution in [3.63, 3.8) is 0 Å². The highest BCUT2D eigenvalue weighted by atomic mass is 32.1. The molecule has 0 aliphatic carbocycles. The summed E-state index contributed by atoms with van der Waals surface area (Å²) in [5.74, 6) is -0.00754. The standard InChI is InChI=1S/C15H24N4O2S/c1-10-6-4-5-7-19(10)14(20)11(2)17-15(21)16-8-13-9-22-12(3)18-13/h9-11H,4-8H2,1-3H3,(H2,16,17,21)/t10-,11+/m1/s1. The number of rotatable bonds is 4. The van der Waals surface area contributed by atoms with Crippen LogP contribution in [0.1, 0.15) is 43.8 Å². The van der Waals surface area contributed by atoms with E-state index in [0.717, 1.165) is 30.1 Å². The molecular weight excluding hydrogens is 300 g/mol. The molecule has 2 heterocycles. The van der Waals surface area contributed by atoms with Gasteiger partial charge >= 0.3 is 6.03 Å². The topological polar surface area (TPSA) is 74.3 Å². The van der Waals surface area contributed by atoms with E-state index in [9.17, 15) is 9.59 Å². The number of aryl methyl sites for hydroxylation is 1. The van der Waals surface area contributed by atoms with Crippen LogP contribution in [0.5, 0.6) is 0 Å². The number of nitrogens with one attached hydrogen (secondary N) is 2. The Hall–Kier alpha value is -1.63. The summed E-state index contributed by atoms with van der Waals surface area (Å²) in [5.41, 5.74) is 0.835. The van der Waals surface area contributed by atoms with Gasteiger partial charge in [0, 0.05) is 18.0 Å². The van der Waals surface area contributed by atoms with Crippen molar-refractivity contribution in [1.82, 2.24) is 20.5 Å². The lowest BCUT2D eigenvalue weighted by atomic mass is 10.0. The van der Waals surface area contributed by atoms with Gasteiger partial charge in [0.25, 0.3) is 0 Å². The fourth-order valence-electron chi connectivity index (χ4n) is 2.64. The molecule has 1 aliphatic heterocycles. The molecule has 1 aromatic heterocycles. The number of aromatic nitrogens is 1. The average molecular weight is 324 g/mol. The molecular formula is C15H24N4O2S. The molecule has 1 fully saturated rings. The van der Waals surface area contributed by atoms with Crippen LogP contribution in [0.25, 0.3) is 0 Å². The number of carbonyl (C=O) groups is 2. The molecule has 0 unspecified atom stereocenters. The number of carbonyl (C=O) groups excluding carboxylic acids is 2. The zero-order valence-electron chi connectivity index (χ0n) is 13.4. The van der Waals surface area contributed by atoms with Crippen molar-refractivity contribution < 1.29 is 9.59 Å². The molecule has 0 saturated carbocycles. The molecule has 122 valence electrons. The maximum absolute atomic E-state index is 12.4. The van der Waals surface area contributed by atoms with Crippen LogP contribution in [0, 0.1) is 6.92 Å². The van der Waals surface area contributed by atoms with Gasteiger partial charge in [-0.05, 0) is 40.0 Å². The molecule has 1 saturated heterocycles. The second-order valence-electron chi connectivity index (χ2n) is 5.78. The Morgan fingerprint density at radius 3 is 2.91 bits per heavy atom. The molecule has 0 bridgehead atoms. The first-order valence-electron chi connectivity index (χ1n) is 7.73. The van der Waals surface area contributed by atoms with E-state index in [-0.39, 0.29) is 18.0 Å². The first-order valence-corrected chi connectivity index (χ1v) is 8.61. The fourth-order valence-corrected chi connectivity index (χ4v) is 3.26. The van der Waals surface area contributed by atoms with Gasteiger partial charge in [-0.15, -0.1) is 11.3 Å². The third-order valence-corrected chi connectivity index (χ3v) is 4.72. The molecule has 0 spiro atoms. The Morgan fingerprint density at radius 2 is 2.27 bits per heavy atom. The van der Waals surface area contributed by atoms with Crippen LogP contribution in [0.3, 0.4) is 0 Å². The van der Waals surface area contributed by atoms with Gasteiger partial charge in [0.05, 0.1) is 17.2 Å². The number of thiazole rings is 1. The molecule has 3 amide bonds. The summed E-state index contributed by atoms with van der Waals surface area (Å²) in [6, 6.07) is -0.597. The average Bonchev–Trinajstić information content (AvgIpc) is 2.90. The summed E-state index contributed by atoms with van der Waals surface area (Å²) < 4.78 is 0. The lowest BCUT2D eigenvalue weighted by Gasteiger charge is -2.35. The highest BCUT2D eigenvalue weighted by Gasteiger charge is 2.27. The van der Waals surface area contributed by atoms with E-state index in [1.807, 2.05) is 17.2 Å². The first kappa shape index (κ1) is 16.7. The summed E-state index contributed by atoms with van der Waals surface area (Å²) in [7, 11) is 0. The predicted octanol–water partition coefficient (Wildman–Crippen LogP) is 2.04. The minimum atomic E-state index is -0.516. The largest absolute Gasteiger partial charge is 0.338 e. The number of urea groups is 1. The highest BCUT2D eigenvalue weighted by molar-refractivity contribution is 7.09. The summed E-state index contributed by atoms with van der Waals surface area (Å²) in [6.45, 7) is 6.88. The van der Waals surface area contributed by atoms with Crippen LogP contribution in [0.4, 0.5) is 4.79 Å². The monoisotopic (exact) mass is 324 g/mol. The van der Waals surface area contributed by atoms with Gasteiger partial charge in [0.15, 0.2) is 0 Å². The van der Waals surface area contributed by atoms with Gasteiger partial charge in [-0.25, -0.2) is 9.78 Å². The van der Waals surface area contributed by atoms with Gasteiger partial charge in [0.2, 0.25) is 5.91 Å². The van der Waals surface area contributed by atoms with Crippen molar-refractivity contribution in [2.75, 3.05) is 6.54 Å². The van der Waals surface area contributed by atoms with Crippen LogP contribution >= 0.6 is 11.3 Å². The van der Waals surface area contributed by atoms with Crippen molar-refractivity contribution in [2.45, 2.75) is 58.7 Å². The minimum Gasteiger partial charge on any atom is -0.338 e.